The highest BCUT2D eigenvalue weighted by molar-refractivity contribution is 5.86. The minimum atomic E-state index is -0.211. The van der Waals surface area contributed by atoms with Crippen LogP contribution in [0.3, 0.4) is 0 Å². The molecule has 0 saturated heterocycles. The molecule has 0 aliphatic rings. The van der Waals surface area contributed by atoms with Crippen LogP contribution in [0.25, 0.3) is 17.0 Å². The van der Waals surface area contributed by atoms with Gasteiger partial charge in [0.1, 0.15) is 0 Å². The maximum Gasteiger partial charge on any atom is 0.254 e. The Morgan fingerprint density at radius 3 is 2.74 bits per heavy atom. The van der Waals surface area contributed by atoms with Gasteiger partial charge >= 0.3 is 0 Å². The van der Waals surface area contributed by atoms with Gasteiger partial charge in [-0.3, -0.25) is 10.1 Å². The summed E-state index contributed by atoms with van der Waals surface area (Å²) >= 11 is 0. The average molecular weight is 253 g/mol. The van der Waals surface area contributed by atoms with Gasteiger partial charge in [0.25, 0.3) is 11.7 Å². The third-order valence-electron chi connectivity index (χ3n) is 2.60. The molecule has 0 aliphatic carbocycles. The van der Waals surface area contributed by atoms with Gasteiger partial charge in [0.2, 0.25) is 5.91 Å². The van der Waals surface area contributed by atoms with Gasteiger partial charge in [-0.25, -0.2) is 4.98 Å². The average Bonchev–Trinajstić information content (AvgIpc) is 2.80. The van der Waals surface area contributed by atoms with Crippen LogP contribution in [0.1, 0.15) is 6.92 Å². The Morgan fingerprint density at radius 1 is 1.21 bits per heavy atom. The highest BCUT2D eigenvalue weighted by atomic mass is 16.1. The number of benzene rings is 1. The number of rotatable bonds is 2. The van der Waals surface area contributed by atoms with E-state index < -0.39 is 0 Å². The number of amides is 1. The molecule has 0 bridgehead atoms. The third kappa shape index (κ3) is 2.15. The zero-order valence-electron chi connectivity index (χ0n) is 10.2. The second-order valence-corrected chi connectivity index (χ2v) is 4.02. The number of anilines is 1. The molecule has 0 aliphatic heterocycles. The zero-order chi connectivity index (χ0) is 13.2. The van der Waals surface area contributed by atoms with Crippen molar-refractivity contribution in [2.75, 3.05) is 5.32 Å². The van der Waals surface area contributed by atoms with E-state index in [1.165, 1.54) is 6.92 Å². The minimum Gasteiger partial charge on any atom is -0.293 e. The Labute approximate surface area is 109 Å². The van der Waals surface area contributed by atoms with Crippen LogP contribution in [0.5, 0.6) is 0 Å². The molecular formula is C13H11N5O. The van der Waals surface area contributed by atoms with E-state index in [2.05, 4.69) is 20.4 Å². The van der Waals surface area contributed by atoms with E-state index in [9.17, 15) is 4.79 Å². The van der Waals surface area contributed by atoms with Gasteiger partial charge in [-0.15, -0.1) is 5.10 Å². The van der Waals surface area contributed by atoms with Gasteiger partial charge in [-0.1, -0.05) is 30.3 Å². The van der Waals surface area contributed by atoms with E-state index in [1.54, 1.807) is 10.7 Å². The van der Waals surface area contributed by atoms with Crippen molar-refractivity contribution in [1.82, 2.24) is 19.6 Å². The summed E-state index contributed by atoms with van der Waals surface area (Å²) in [5.41, 5.74) is 1.88. The molecule has 2 aromatic heterocycles. The summed E-state index contributed by atoms with van der Waals surface area (Å²) in [5.74, 6) is 0.491. The van der Waals surface area contributed by atoms with Gasteiger partial charge in [-0.05, 0) is 6.07 Å². The van der Waals surface area contributed by atoms with Crippen molar-refractivity contribution in [2.45, 2.75) is 6.92 Å². The van der Waals surface area contributed by atoms with Crippen molar-refractivity contribution in [1.29, 1.82) is 0 Å². The normalized spacial score (nSPS) is 10.6. The Hall–Kier alpha value is -2.76. The second-order valence-electron chi connectivity index (χ2n) is 4.02. The van der Waals surface area contributed by atoms with Gasteiger partial charge in [0.05, 0.1) is 5.69 Å². The molecular weight excluding hydrogens is 242 g/mol. The first-order valence-electron chi connectivity index (χ1n) is 5.79. The summed E-state index contributed by atoms with van der Waals surface area (Å²) in [6.07, 6.45) is 1.67. The smallest absolute Gasteiger partial charge is 0.254 e. The maximum absolute atomic E-state index is 11.0. The second kappa shape index (κ2) is 4.49. The van der Waals surface area contributed by atoms with Crippen LogP contribution < -0.4 is 5.32 Å². The van der Waals surface area contributed by atoms with Crippen molar-refractivity contribution in [3.63, 3.8) is 0 Å². The number of hydrogen-bond acceptors (Lipinski definition) is 4. The van der Waals surface area contributed by atoms with E-state index in [0.29, 0.717) is 5.78 Å². The number of carbonyl (C=O) groups is 1. The Balaban J connectivity index is 2.15. The maximum atomic E-state index is 11.0. The molecule has 2 heterocycles. The van der Waals surface area contributed by atoms with Crippen molar-refractivity contribution in [3.8, 4) is 11.3 Å². The zero-order valence-corrected chi connectivity index (χ0v) is 10.2. The highest BCUT2D eigenvalue weighted by Crippen LogP contribution is 2.19. The lowest BCUT2D eigenvalue weighted by atomic mass is 10.1. The molecule has 0 atom stereocenters. The number of aromatic nitrogens is 4. The molecule has 0 spiro atoms. The fourth-order valence-corrected chi connectivity index (χ4v) is 1.83. The van der Waals surface area contributed by atoms with Crippen LogP contribution in [0.15, 0.2) is 42.6 Å². The minimum absolute atomic E-state index is 0.211. The lowest BCUT2D eigenvalue weighted by Crippen LogP contribution is -2.07. The van der Waals surface area contributed by atoms with E-state index in [1.807, 2.05) is 36.4 Å². The van der Waals surface area contributed by atoms with Gasteiger partial charge in [-0.2, -0.15) is 9.50 Å². The summed E-state index contributed by atoms with van der Waals surface area (Å²) in [6, 6.07) is 11.7. The van der Waals surface area contributed by atoms with Crippen molar-refractivity contribution < 1.29 is 4.79 Å². The van der Waals surface area contributed by atoms with Gasteiger partial charge < -0.3 is 0 Å². The first-order valence-corrected chi connectivity index (χ1v) is 5.79. The van der Waals surface area contributed by atoms with Crippen LogP contribution in [0, 0.1) is 0 Å². The molecule has 0 unspecified atom stereocenters. The van der Waals surface area contributed by atoms with Crippen LogP contribution in [0.4, 0.5) is 5.95 Å². The Morgan fingerprint density at radius 2 is 2.00 bits per heavy atom. The number of fused-ring (bicyclic) bond motifs is 1. The third-order valence-corrected chi connectivity index (χ3v) is 2.60. The van der Waals surface area contributed by atoms with Crippen LogP contribution in [0.2, 0.25) is 0 Å². The summed E-state index contributed by atoms with van der Waals surface area (Å²) in [7, 11) is 0. The number of nitrogens with one attached hydrogen (secondary N) is 1. The summed E-state index contributed by atoms with van der Waals surface area (Å²) in [4.78, 5) is 19.3. The molecule has 19 heavy (non-hydrogen) atoms. The number of nitrogens with zero attached hydrogens (tertiary/aromatic N) is 4. The summed E-state index contributed by atoms with van der Waals surface area (Å²) in [5, 5.41) is 6.79. The summed E-state index contributed by atoms with van der Waals surface area (Å²) < 4.78 is 1.61. The highest BCUT2D eigenvalue weighted by Gasteiger charge is 2.10. The van der Waals surface area contributed by atoms with E-state index in [0.717, 1.165) is 11.3 Å². The molecule has 1 aromatic carbocycles. The SMILES string of the molecule is CC(=O)Nc1nc2nccc(-c3ccccc3)n2n1. The lowest BCUT2D eigenvalue weighted by Gasteiger charge is -2.02. The first kappa shape index (κ1) is 11.3. The first-order chi connectivity index (χ1) is 9.24. The van der Waals surface area contributed by atoms with Gasteiger partial charge in [0, 0.05) is 18.7 Å². The summed E-state index contributed by atoms with van der Waals surface area (Å²) in [6.45, 7) is 1.41. The fraction of sp³-hybridized carbons (Fsp3) is 0.0769. The topological polar surface area (TPSA) is 72.2 Å². The molecule has 3 rings (SSSR count). The monoisotopic (exact) mass is 253 g/mol. The predicted molar refractivity (Wildman–Crippen MR) is 70.5 cm³/mol. The largest absolute Gasteiger partial charge is 0.293 e. The molecule has 0 fully saturated rings. The molecule has 0 radical (unpaired) electrons. The molecule has 1 N–H and O–H groups in total. The number of carbonyl (C=O) groups excluding carboxylic acids is 1. The Kier molecular flexibility index (Phi) is 2.68. The van der Waals surface area contributed by atoms with Crippen molar-refractivity contribution >= 4 is 17.6 Å². The molecule has 3 aromatic rings. The lowest BCUT2D eigenvalue weighted by molar-refractivity contribution is -0.114. The van der Waals surface area contributed by atoms with Crippen LogP contribution >= 0.6 is 0 Å². The molecule has 94 valence electrons. The predicted octanol–water partition coefficient (Wildman–Crippen LogP) is 1.75. The molecule has 6 nitrogen and oxygen atoms in total. The quantitative estimate of drug-likeness (QED) is 0.755. The van der Waals surface area contributed by atoms with Crippen molar-refractivity contribution in [3.05, 3.63) is 42.6 Å². The molecule has 1 amide bonds. The van der Waals surface area contributed by atoms with Crippen molar-refractivity contribution in [2.24, 2.45) is 0 Å². The fourth-order valence-electron chi connectivity index (χ4n) is 1.83. The van der Waals surface area contributed by atoms with Crippen LogP contribution in [-0.4, -0.2) is 25.5 Å². The van der Waals surface area contributed by atoms with Gasteiger partial charge in [0.15, 0.2) is 0 Å². The van der Waals surface area contributed by atoms with E-state index in [-0.39, 0.29) is 11.9 Å². The molecule has 6 heteroatoms. The van der Waals surface area contributed by atoms with E-state index in [4.69, 9.17) is 0 Å². The standard InChI is InChI=1S/C13H11N5O/c1-9(19)15-12-16-13-14-8-7-11(18(13)17-12)10-5-3-2-4-6-10/h2-8H,1H3,(H,15,17,19). The molecule has 0 saturated carbocycles. The number of hydrogen-bond donors (Lipinski definition) is 1. The Bertz CT molecular complexity index is 735. The van der Waals surface area contributed by atoms with Crippen LogP contribution in [-0.2, 0) is 4.79 Å². The van der Waals surface area contributed by atoms with E-state index >= 15 is 0 Å².